The lowest BCUT2D eigenvalue weighted by molar-refractivity contribution is -0.159. The van der Waals surface area contributed by atoms with E-state index in [2.05, 4.69) is 26.0 Å². The minimum Gasteiger partial charge on any atom is -0.379 e. The van der Waals surface area contributed by atoms with Crippen LogP contribution < -0.4 is 0 Å². The Morgan fingerprint density at radius 2 is 2.00 bits per heavy atom. The molecule has 1 N–H and O–H groups in total. The van der Waals surface area contributed by atoms with Gasteiger partial charge in [0, 0.05) is 25.7 Å². The second kappa shape index (κ2) is 7.25. The number of hydrogen-bond acceptors (Lipinski definition) is 3. The standard InChI is InChI=1S/C18H28N2O2/c1-15(2)19(3)14-18(22)11-7-12-20(17(18)21)13-10-16-8-5-4-6-9-16/h4-6,8-9,15,22H,7,10-14H2,1-3H3/t18-/m1/s1. The molecule has 1 saturated heterocycles. The molecule has 1 aromatic carbocycles. The van der Waals surface area contributed by atoms with Crippen molar-refractivity contribution in [2.75, 3.05) is 26.7 Å². The van der Waals surface area contributed by atoms with Crippen LogP contribution in [0.15, 0.2) is 30.3 Å². The molecule has 1 aliphatic rings. The summed E-state index contributed by atoms with van der Waals surface area (Å²) >= 11 is 0. The molecule has 0 saturated carbocycles. The van der Waals surface area contributed by atoms with E-state index < -0.39 is 5.60 Å². The number of carbonyl (C=O) groups excluding carboxylic acids is 1. The SMILES string of the molecule is CC(C)N(C)C[C@]1(O)CCCN(CCc2ccccc2)C1=O. The Bertz CT molecular complexity index is 489. The van der Waals surface area contributed by atoms with Gasteiger partial charge >= 0.3 is 0 Å². The smallest absolute Gasteiger partial charge is 0.255 e. The van der Waals surface area contributed by atoms with Crippen molar-refractivity contribution in [3.8, 4) is 0 Å². The van der Waals surface area contributed by atoms with Gasteiger partial charge in [0.2, 0.25) is 0 Å². The van der Waals surface area contributed by atoms with Gasteiger partial charge in [-0.25, -0.2) is 0 Å². The van der Waals surface area contributed by atoms with Gasteiger partial charge in [0.25, 0.3) is 5.91 Å². The van der Waals surface area contributed by atoms with Crippen LogP contribution in [0, 0.1) is 0 Å². The normalized spacial score (nSPS) is 22.6. The summed E-state index contributed by atoms with van der Waals surface area (Å²) in [6.07, 6.45) is 2.26. The van der Waals surface area contributed by atoms with Gasteiger partial charge < -0.3 is 14.9 Å². The Morgan fingerprint density at radius 3 is 2.64 bits per heavy atom. The highest BCUT2D eigenvalue weighted by molar-refractivity contribution is 5.86. The summed E-state index contributed by atoms with van der Waals surface area (Å²) < 4.78 is 0. The molecule has 0 radical (unpaired) electrons. The van der Waals surface area contributed by atoms with Crippen LogP contribution >= 0.6 is 0 Å². The lowest BCUT2D eigenvalue weighted by Gasteiger charge is -2.41. The van der Waals surface area contributed by atoms with Crippen molar-refractivity contribution in [2.24, 2.45) is 0 Å². The zero-order valence-corrected chi connectivity index (χ0v) is 14.0. The summed E-state index contributed by atoms with van der Waals surface area (Å²) in [7, 11) is 1.96. The third-order valence-corrected chi connectivity index (χ3v) is 4.61. The maximum atomic E-state index is 12.7. The van der Waals surface area contributed by atoms with E-state index in [1.165, 1.54) is 5.56 Å². The monoisotopic (exact) mass is 304 g/mol. The van der Waals surface area contributed by atoms with Gasteiger partial charge in [-0.15, -0.1) is 0 Å². The summed E-state index contributed by atoms with van der Waals surface area (Å²) in [4.78, 5) is 16.5. The summed E-state index contributed by atoms with van der Waals surface area (Å²) in [5.74, 6) is -0.109. The number of benzene rings is 1. The number of nitrogens with zero attached hydrogens (tertiary/aromatic N) is 2. The van der Waals surface area contributed by atoms with Crippen LogP contribution in [0.25, 0.3) is 0 Å². The van der Waals surface area contributed by atoms with E-state index in [9.17, 15) is 9.90 Å². The van der Waals surface area contributed by atoms with Crippen LogP contribution in [0.5, 0.6) is 0 Å². The predicted molar refractivity (Wildman–Crippen MR) is 88.7 cm³/mol. The topological polar surface area (TPSA) is 43.8 Å². The van der Waals surface area contributed by atoms with Crippen molar-refractivity contribution in [3.05, 3.63) is 35.9 Å². The largest absolute Gasteiger partial charge is 0.379 e. The summed E-state index contributed by atoms with van der Waals surface area (Å²) in [5, 5.41) is 10.8. The van der Waals surface area contributed by atoms with Gasteiger partial charge in [-0.1, -0.05) is 30.3 Å². The van der Waals surface area contributed by atoms with Gasteiger partial charge in [0.15, 0.2) is 5.60 Å². The Balaban J connectivity index is 1.97. The Kier molecular flexibility index (Phi) is 5.59. The van der Waals surface area contributed by atoms with E-state index in [0.717, 1.165) is 19.4 Å². The van der Waals surface area contributed by atoms with Crippen LogP contribution in [0.4, 0.5) is 0 Å². The maximum absolute atomic E-state index is 12.7. The number of piperidine rings is 1. The molecular formula is C18H28N2O2. The van der Waals surface area contributed by atoms with Crippen molar-refractivity contribution < 1.29 is 9.90 Å². The molecule has 0 aliphatic carbocycles. The Labute approximate surface area is 133 Å². The molecule has 1 atom stereocenters. The highest BCUT2D eigenvalue weighted by Crippen LogP contribution is 2.24. The average Bonchev–Trinajstić information content (AvgIpc) is 2.50. The van der Waals surface area contributed by atoms with Crippen LogP contribution in [0.3, 0.4) is 0 Å². The number of amides is 1. The molecule has 4 nitrogen and oxygen atoms in total. The number of likely N-dealkylation sites (tertiary alicyclic amines) is 1. The third kappa shape index (κ3) is 4.08. The lowest BCUT2D eigenvalue weighted by Crippen LogP contribution is -2.59. The maximum Gasteiger partial charge on any atom is 0.255 e. The fourth-order valence-electron chi connectivity index (χ4n) is 2.93. The van der Waals surface area contributed by atoms with Crippen molar-refractivity contribution in [1.82, 2.24) is 9.80 Å². The third-order valence-electron chi connectivity index (χ3n) is 4.61. The van der Waals surface area contributed by atoms with Gasteiger partial charge in [0.05, 0.1) is 0 Å². The van der Waals surface area contributed by atoms with Gasteiger partial charge in [0.1, 0.15) is 0 Å². The number of aliphatic hydroxyl groups is 1. The summed E-state index contributed by atoms with van der Waals surface area (Å²) in [6, 6.07) is 10.5. The fraction of sp³-hybridized carbons (Fsp3) is 0.611. The zero-order valence-electron chi connectivity index (χ0n) is 14.0. The molecule has 0 unspecified atom stereocenters. The summed E-state index contributed by atoms with van der Waals surface area (Å²) in [5.41, 5.74) is -0.00256. The molecule has 1 aromatic rings. The average molecular weight is 304 g/mol. The number of likely N-dealkylation sites (N-methyl/N-ethyl adjacent to an activating group) is 1. The second-order valence-electron chi connectivity index (χ2n) is 6.67. The molecule has 0 bridgehead atoms. The quantitative estimate of drug-likeness (QED) is 0.873. The first kappa shape index (κ1) is 17.0. The van der Waals surface area contributed by atoms with Gasteiger partial charge in [-0.2, -0.15) is 0 Å². The Morgan fingerprint density at radius 1 is 1.32 bits per heavy atom. The number of hydrogen-bond donors (Lipinski definition) is 1. The van der Waals surface area contributed by atoms with Crippen LogP contribution in [0.1, 0.15) is 32.3 Å². The lowest BCUT2D eigenvalue weighted by atomic mass is 9.90. The van der Waals surface area contributed by atoms with Crippen molar-refractivity contribution in [3.63, 3.8) is 0 Å². The van der Waals surface area contributed by atoms with Crippen LogP contribution in [-0.2, 0) is 11.2 Å². The molecule has 1 heterocycles. The van der Waals surface area contributed by atoms with E-state index in [1.807, 2.05) is 35.0 Å². The number of carbonyl (C=O) groups is 1. The zero-order chi connectivity index (χ0) is 16.2. The minimum absolute atomic E-state index is 0.109. The Hall–Kier alpha value is -1.39. The number of rotatable bonds is 6. The van der Waals surface area contributed by atoms with E-state index in [1.54, 1.807) is 0 Å². The van der Waals surface area contributed by atoms with Crippen LogP contribution in [-0.4, -0.2) is 59.1 Å². The van der Waals surface area contributed by atoms with E-state index >= 15 is 0 Å². The highest BCUT2D eigenvalue weighted by Gasteiger charge is 2.42. The molecule has 0 spiro atoms. The van der Waals surface area contributed by atoms with E-state index in [4.69, 9.17) is 0 Å². The first-order valence-electron chi connectivity index (χ1n) is 8.18. The van der Waals surface area contributed by atoms with E-state index in [0.29, 0.717) is 25.6 Å². The summed E-state index contributed by atoms with van der Waals surface area (Å²) in [6.45, 7) is 5.98. The molecule has 22 heavy (non-hydrogen) atoms. The van der Waals surface area contributed by atoms with Crippen LogP contribution in [0.2, 0.25) is 0 Å². The van der Waals surface area contributed by atoms with Gasteiger partial charge in [-0.05, 0) is 45.7 Å². The second-order valence-corrected chi connectivity index (χ2v) is 6.67. The molecule has 4 heteroatoms. The molecule has 2 rings (SSSR count). The first-order chi connectivity index (χ1) is 10.4. The van der Waals surface area contributed by atoms with Gasteiger partial charge in [-0.3, -0.25) is 4.79 Å². The van der Waals surface area contributed by atoms with E-state index in [-0.39, 0.29) is 5.91 Å². The highest BCUT2D eigenvalue weighted by atomic mass is 16.3. The molecule has 122 valence electrons. The van der Waals surface area contributed by atoms with Crippen molar-refractivity contribution in [2.45, 2.75) is 44.8 Å². The molecule has 0 aromatic heterocycles. The molecule has 1 aliphatic heterocycles. The predicted octanol–water partition coefficient (Wildman–Crippen LogP) is 1.92. The molecule has 1 fully saturated rings. The van der Waals surface area contributed by atoms with Crippen molar-refractivity contribution >= 4 is 5.91 Å². The molecule has 1 amide bonds. The molecular weight excluding hydrogens is 276 g/mol. The fourth-order valence-corrected chi connectivity index (χ4v) is 2.93. The minimum atomic E-state index is -1.23. The van der Waals surface area contributed by atoms with Crippen molar-refractivity contribution in [1.29, 1.82) is 0 Å². The first-order valence-corrected chi connectivity index (χ1v) is 8.18.